The molecule has 4 heterocycles. The van der Waals surface area contributed by atoms with Crippen LogP contribution in [0.15, 0.2) is 29.3 Å². The van der Waals surface area contributed by atoms with Crippen molar-refractivity contribution >= 4 is 38.2 Å². The molecule has 10 nitrogen and oxygen atoms in total. The summed E-state index contributed by atoms with van der Waals surface area (Å²) in [7, 11) is -3.86. The number of halogens is 3. The molecule has 0 spiro atoms. The molecule has 0 bridgehead atoms. The number of rotatable bonds is 6. The van der Waals surface area contributed by atoms with E-state index in [4.69, 9.17) is 14.2 Å². The van der Waals surface area contributed by atoms with Crippen LogP contribution in [0.5, 0.6) is 11.5 Å². The quantitative estimate of drug-likeness (QED) is 0.446. The number of benzene rings is 1. The van der Waals surface area contributed by atoms with Crippen molar-refractivity contribution < 1.29 is 35.8 Å². The Labute approximate surface area is 204 Å². The highest BCUT2D eigenvalue weighted by molar-refractivity contribution is 7.89. The predicted octanol–water partition coefficient (Wildman–Crippen LogP) is 3.55. The molecule has 3 aromatic rings. The van der Waals surface area contributed by atoms with Gasteiger partial charge in [-0.3, -0.25) is 0 Å². The van der Waals surface area contributed by atoms with Crippen LogP contribution in [-0.4, -0.2) is 68.8 Å². The molecule has 0 radical (unpaired) electrons. The number of morpholine rings is 1. The number of aromatic amines is 1. The number of aromatic nitrogens is 2. The summed E-state index contributed by atoms with van der Waals surface area (Å²) in [6.45, 7) is 3.58. The van der Waals surface area contributed by atoms with E-state index in [1.54, 1.807) is 6.92 Å². The van der Waals surface area contributed by atoms with Crippen LogP contribution in [0.1, 0.15) is 12.5 Å². The van der Waals surface area contributed by atoms with Gasteiger partial charge in [0.1, 0.15) is 29.6 Å². The average molecular weight is 528 g/mol. The maximum Gasteiger partial charge on any atom is 0.418 e. The Morgan fingerprint density at radius 2 is 1.81 bits per heavy atom. The molecule has 1 aromatic carbocycles. The molecule has 5 rings (SSSR count). The largest absolute Gasteiger partial charge is 0.485 e. The third-order valence-electron chi connectivity index (χ3n) is 5.82. The first-order chi connectivity index (χ1) is 17.2. The zero-order chi connectivity index (χ0) is 25.5. The molecule has 14 heteroatoms. The Morgan fingerprint density at radius 3 is 2.50 bits per heavy atom. The lowest BCUT2D eigenvalue weighted by atomic mass is 10.1. The minimum atomic E-state index is -4.55. The lowest BCUT2D eigenvalue weighted by molar-refractivity contribution is -0.136. The van der Waals surface area contributed by atoms with Crippen molar-refractivity contribution in [2.75, 3.05) is 56.7 Å². The summed E-state index contributed by atoms with van der Waals surface area (Å²) in [6, 6.07) is 4.40. The van der Waals surface area contributed by atoms with Crippen LogP contribution in [-0.2, 0) is 20.9 Å². The van der Waals surface area contributed by atoms with Crippen molar-refractivity contribution in [1.29, 1.82) is 0 Å². The molecule has 194 valence electrons. The summed E-state index contributed by atoms with van der Waals surface area (Å²) in [5.41, 5.74) is -0.168. The van der Waals surface area contributed by atoms with Crippen molar-refractivity contribution in [3.05, 3.63) is 30.0 Å². The second-order valence-electron chi connectivity index (χ2n) is 8.12. The summed E-state index contributed by atoms with van der Waals surface area (Å²) >= 11 is 0. The lowest BCUT2D eigenvalue weighted by Gasteiger charge is -2.29. The van der Waals surface area contributed by atoms with Gasteiger partial charge in [-0.25, -0.2) is 13.4 Å². The second-order valence-corrected chi connectivity index (χ2v) is 10.0. The molecule has 0 atom stereocenters. The Kier molecular flexibility index (Phi) is 6.34. The Hall–Kier alpha value is -3.23. The molecular formula is C22H24F3N5O5S. The van der Waals surface area contributed by atoms with Crippen LogP contribution in [0.25, 0.3) is 11.0 Å². The van der Waals surface area contributed by atoms with E-state index in [2.05, 4.69) is 20.6 Å². The highest BCUT2D eigenvalue weighted by atomic mass is 32.2. The van der Waals surface area contributed by atoms with Gasteiger partial charge in [-0.05, 0) is 19.1 Å². The van der Waals surface area contributed by atoms with E-state index in [1.165, 1.54) is 22.5 Å². The number of sulfonamides is 1. The number of ether oxygens (including phenoxy) is 3. The fourth-order valence-corrected chi connectivity index (χ4v) is 5.76. The summed E-state index contributed by atoms with van der Waals surface area (Å²) < 4.78 is 85.1. The number of H-pyrrole nitrogens is 1. The van der Waals surface area contributed by atoms with Crippen LogP contribution < -0.4 is 20.1 Å². The number of nitrogens with zero attached hydrogens (tertiary/aromatic N) is 2. The fraction of sp³-hybridized carbons (Fsp3) is 0.409. The van der Waals surface area contributed by atoms with Gasteiger partial charge in [-0.2, -0.15) is 17.5 Å². The van der Waals surface area contributed by atoms with E-state index in [1.807, 2.05) is 0 Å². The second kappa shape index (κ2) is 9.33. The molecule has 2 aliphatic heterocycles. The monoisotopic (exact) mass is 527 g/mol. The third-order valence-corrected chi connectivity index (χ3v) is 7.74. The number of fused-ring (bicyclic) bond motifs is 2. The van der Waals surface area contributed by atoms with Crippen LogP contribution >= 0.6 is 0 Å². The summed E-state index contributed by atoms with van der Waals surface area (Å²) in [5, 5.41) is 5.93. The molecule has 2 aromatic heterocycles. The first-order valence-electron chi connectivity index (χ1n) is 11.3. The maximum absolute atomic E-state index is 13.5. The number of pyridine rings is 1. The lowest BCUT2D eigenvalue weighted by Crippen LogP contribution is -2.40. The molecule has 0 aliphatic carbocycles. The topological polar surface area (TPSA) is 118 Å². The molecule has 0 unspecified atom stereocenters. The van der Waals surface area contributed by atoms with E-state index in [0.717, 1.165) is 6.20 Å². The zero-order valence-corrected chi connectivity index (χ0v) is 20.1. The van der Waals surface area contributed by atoms with Gasteiger partial charge in [0.2, 0.25) is 10.0 Å². The third kappa shape index (κ3) is 4.40. The van der Waals surface area contributed by atoms with Gasteiger partial charge in [-0.15, -0.1) is 0 Å². The molecule has 0 amide bonds. The Balaban J connectivity index is 1.54. The number of hydrogen-bond acceptors (Lipinski definition) is 8. The first kappa shape index (κ1) is 24.5. The van der Waals surface area contributed by atoms with Gasteiger partial charge >= 0.3 is 6.18 Å². The van der Waals surface area contributed by atoms with Crippen molar-refractivity contribution in [3.8, 4) is 11.5 Å². The van der Waals surface area contributed by atoms with Crippen LogP contribution in [0.2, 0.25) is 0 Å². The van der Waals surface area contributed by atoms with E-state index in [-0.39, 0.29) is 65.2 Å². The highest BCUT2D eigenvalue weighted by Gasteiger charge is 2.36. The first-order valence-corrected chi connectivity index (χ1v) is 12.7. The minimum absolute atomic E-state index is 0.0272. The number of alkyl halides is 3. The minimum Gasteiger partial charge on any atom is -0.485 e. The summed E-state index contributed by atoms with van der Waals surface area (Å²) in [4.78, 5) is 6.86. The SMILES string of the molecule is CCNc1cc(Nc2ccc(S(=O)(=O)N3CCOCC3)c3c2OCCO3)nc2[nH]cc(C(F)(F)F)c12. The standard InChI is InChI=1S/C22H24F3N5O5S/c1-2-26-15-11-17(29-21-18(15)13(12-27-21)22(23,24)25)28-14-3-4-16(20-19(14)34-9-10-35-20)36(31,32)30-5-7-33-8-6-30/h3-4,11-12H,2,5-10H2,1H3,(H3,26,27,28,29). The molecule has 1 saturated heterocycles. The van der Waals surface area contributed by atoms with Crippen LogP contribution in [0.3, 0.4) is 0 Å². The van der Waals surface area contributed by atoms with E-state index in [0.29, 0.717) is 25.4 Å². The molecule has 1 fully saturated rings. The van der Waals surface area contributed by atoms with E-state index >= 15 is 0 Å². The summed E-state index contributed by atoms with van der Waals surface area (Å²) in [5.74, 6) is 0.490. The van der Waals surface area contributed by atoms with Gasteiger partial charge in [0.25, 0.3) is 0 Å². The van der Waals surface area contributed by atoms with Crippen molar-refractivity contribution in [1.82, 2.24) is 14.3 Å². The number of anilines is 3. The van der Waals surface area contributed by atoms with Crippen LogP contribution in [0, 0.1) is 0 Å². The Morgan fingerprint density at radius 1 is 1.08 bits per heavy atom. The van der Waals surface area contributed by atoms with Gasteiger partial charge in [0.05, 0.1) is 29.9 Å². The number of nitrogens with one attached hydrogen (secondary N) is 3. The fourth-order valence-electron chi connectivity index (χ4n) is 4.23. The van der Waals surface area contributed by atoms with Gasteiger partial charge in [0.15, 0.2) is 11.5 Å². The molecular weight excluding hydrogens is 503 g/mol. The van der Waals surface area contributed by atoms with E-state index < -0.39 is 21.8 Å². The van der Waals surface area contributed by atoms with Crippen molar-refractivity contribution in [3.63, 3.8) is 0 Å². The predicted molar refractivity (Wildman–Crippen MR) is 126 cm³/mol. The Bertz CT molecular complexity index is 1390. The van der Waals surface area contributed by atoms with Gasteiger partial charge in [-0.1, -0.05) is 0 Å². The van der Waals surface area contributed by atoms with Crippen molar-refractivity contribution in [2.24, 2.45) is 0 Å². The van der Waals surface area contributed by atoms with E-state index in [9.17, 15) is 21.6 Å². The van der Waals surface area contributed by atoms with Gasteiger partial charge in [0, 0.05) is 37.6 Å². The van der Waals surface area contributed by atoms with Crippen LogP contribution in [0.4, 0.5) is 30.4 Å². The normalized spacial score (nSPS) is 16.8. The number of hydrogen-bond donors (Lipinski definition) is 3. The zero-order valence-electron chi connectivity index (χ0n) is 19.2. The maximum atomic E-state index is 13.5. The molecule has 0 saturated carbocycles. The summed E-state index contributed by atoms with van der Waals surface area (Å²) in [6.07, 6.45) is -3.67. The van der Waals surface area contributed by atoms with Gasteiger partial charge < -0.3 is 29.8 Å². The highest BCUT2D eigenvalue weighted by Crippen LogP contribution is 2.45. The van der Waals surface area contributed by atoms with Crippen molar-refractivity contribution in [2.45, 2.75) is 18.0 Å². The average Bonchev–Trinajstić information content (AvgIpc) is 3.30. The molecule has 2 aliphatic rings. The molecule has 3 N–H and O–H groups in total. The molecule has 36 heavy (non-hydrogen) atoms. The smallest absolute Gasteiger partial charge is 0.418 e.